The monoisotopic (exact) mass is 412 g/mol. The quantitative estimate of drug-likeness (QED) is 0.744. The van der Waals surface area contributed by atoms with Gasteiger partial charge in [0.25, 0.3) is 5.91 Å². The second kappa shape index (κ2) is 6.47. The van der Waals surface area contributed by atoms with Gasteiger partial charge >= 0.3 is 0 Å². The van der Waals surface area contributed by atoms with Gasteiger partial charge in [-0.15, -0.1) is 0 Å². The number of thiocarbonyl (C=S) groups is 1. The summed E-state index contributed by atoms with van der Waals surface area (Å²) in [6.45, 7) is 0. The van der Waals surface area contributed by atoms with E-state index < -0.39 is 0 Å². The van der Waals surface area contributed by atoms with Gasteiger partial charge in [-0.25, -0.2) is 0 Å². The van der Waals surface area contributed by atoms with E-state index >= 15 is 0 Å². The van der Waals surface area contributed by atoms with Gasteiger partial charge in [-0.2, -0.15) is 0 Å². The molecular weight excluding hydrogens is 404 g/mol. The van der Waals surface area contributed by atoms with Crippen LogP contribution in [0.1, 0.15) is 15.9 Å². The summed E-state index contributed by atoms with van der Waals surface area (Å²) in [6, 6.07) is 12.5. The molecule has 0 heterocycles. The average Bonchev–Trinajstić information content (AvgIpc) is 2.37. The highest BCUT2D eigenvalue weighted by atomic mass is 79.9. The molecule has 0 spiro atoms. The maximum absolute atomic E-state index is 12.3. The summed E-state index contributed by atoms with van der Waals surface area (Å²) in [6.07, 6.45) is 0. The minimum atomic E-state index is -0.226. The number of halogens is 2. The summed E-state index contributed by atoms with van der Waals surface area (Å²) in [4.78, 5) is 12.5. The number of amides is 1. The van der Waals surface area contributed by atoms with Crippen LogP contribution in [0.3, 0.4) is 0 Å². The van der Waals surface area contributed by atoms with Crippen molar-refractivity contribution in [3.63, 3.8) is 0 Å². The molecular formula is C14H10Br2N2OS. The molecule has 6 heteroatoms. The number of rotatable bonds is 3. The number of carbonyl (C=O) groups is 1. The molecule has 2 rings (SSSR count). The van der Waals surface area contributed by atoms with E-state index in [1.807, 2.05) is 18.2 Å². The van der Waals surface area contributed by atoms with E-state index in [0.29, 0.717) is 16.8 Å². The largest absolute Gasteiger partial charge is 0.389 e. The number of nitrogens with one attached hydrogen (secondary N) is 1. The summed E-state index contributed by atoms with van der Waals surface area (Å²) in [5.74, 6) is -0.226. The molecule has 0 radical (unpaired) electrons. The number of carbonyl (C=O) groups excluding carboxylic acids is 1. The molecule has 2 aromatic carbocycles. The van der Waals surface area contributed by atoms with Crippen LogP contribution >= 0.6 is 44.1 Å². The van der Waals surface area contributed by atoms with Crippen LogP contribution in [0, 0.1) is 0 Å². The zero-order valence-corrected chi connectivity index (χ0v) is 14.2. The van der Waals surface area contributed by atoms with Crippen LogP contribution in [-0.4, -0.2) is 10.9 Å². The summed E-state index contributed by atoms with van der Waals surface area (Å²) in [7, 11) is 0. The van der Waals surface area contributed by atoms with Crippen molar-refractivity contribution in [3.05, 3.63) is 62.5 Å². The highest BCUT2D eigenvalue weighted by Crippen LogP contribution is 2.22. The lowest BCUT2D eigenvalue weighted by molar-refractivity contribution is 0.102. The minimum absolute atomic E-state index is 0.226. The van der Waals surface area contributed by atoms with E-state index in [1.165, 1.54) is 0 Å². The molecule has 0 saturated carbocycles. The van der Waals surface area contributed by atoms with Crippen molar-refractivity contribution in [2.75, 3.05) is 5.32 Å². The first-order valence-electron chi connectivity index (χ1n) is 5.63. The summed E-state index contributed by atoms with van der Waals surface area (Å²) in [5.41, 5.74) is 7.42. The average molecular weight is 414 g/mol. The van der Waals surface area contributed by atoms with Crippen molar-refractivity contribution in [3.8, 4) is 0 Å². The molecule has 0 aliphatic carbocycles. The highest BCUT2D eigenvalue weighted by molar-refractivity contribution is 9.11. The Balaban J connectivity index is 2.30. The predicted molar refractivity (Wildman–Crippen MR) is 92.1 cm³/mol. The van der Waals surface area contributed by atoms with Crippen LogP contribution < -0.4 is 11.1 Å². The SMILES string of the molecule is NC(=S)c1ccccc1NC(=O)c1cc(Br)cc(Br)c1. The first-order valence-corrected chi connectivity index (χ1v) is 7.63. The summed E-state index contributed by atoms with van der Waals surface area (Å²) < 4.78 is 1.64. The molecule has 3 N–H and O–H groups in total. The Morgan fingerprint density at radius 1 is 1.10 bits per heavy atom. The van der Waals surface area contributed by atoms with Crippen LogP contribution in [0.2, 0.25) is 0 Å². The molecule has 0 atom stereocenters. The Bertz CT molecular complexity index is 668. The molecule has 2 aromatic rings. The fraction of sp³-hybridized carbons (Fsp3) is 0. The van der Waals surface area contributed by atoms with E-state index in [1.54, 1.807) is 24.3 Å². The molecule has 0 saturated heterocycles. The number of hydrogen-bond acceptors (Lipinski definition) is 2. The molecule has 0 aliphatic rings. The van der Waals surface area contributed by atoms with Gasteiger partial charge in [0.1, 0.15) is 4.99 Å². The zero-order chi connectivity index (χ0) is 14.7. The minimum Gasteiger partial charge on any atom is -0.389 e. The molecule has 3 nitrogen and oxygen atoms in total. The van der Waals surface area contributed by atoms with Gasteiger partial charge in [-0.05, 0) is 30.3 Å². The maximum atomic E-state index is 12.3. The van der Waals surface area contributed by atoms with Crippen molar-refractivity contribution >= 4 is 60.7 Å². The molecule has 1 amide bonds. The van der Waals surface area contributed by atoms with E-state index in [0.717, 1.165) is 8.95 Å². The van der Waals surface area contributed by atoms with Gasteiger partial charge in [0, 0.05) is 20.1 Å². The first kappa shape index (κ1) is 15.2. The van der Waals surface area contributed by atoms with Crippen molar-refractivity contribution in [2.24, 2.45) is 5.73 Å². The highest BCUT2D eigenvalue weighted by Gasteiger charge is 2.11. The van der Waals surface area contributed by atoms with E-state index in [9.17, 15) is 4.79 Å². The number of hydrogen-bond donors (Lipinski definition) is 2. The van der Waals surface area contributed by atoms with Gasteiger partial charge in [0.2, 0.25) is 0 Å². The number of para-hydroxylation sites is 1. The van der Waals surface area contributed by atoms with Crippen LogP contribution in [0.5, 0.6) is 0 Å². The standard InChI is InChI=1S/C14H10Br2N2OS/c15-9-5-8(6-10(16)7-9)14(19)18-12-4-2-1-3-11(12)13(17)20/h1-7H,(H2,17,20)(H,18,19). The van der Waals surface area contributed by atoms with Gasteiger partial charge < -0.3 is 11.1 Å². The smallest absolute Gasteiger partial charge is 0.255 e. The molecule has 0 bridgehead atoms. The van der Waals surface area contributed by atoms with Gasteiger partial charge in [-0.1, -0.05) is 56.2 Å². The molecule has 0 fully saturated rings. The van der Waals surface area contributed by atoms with Gasteiger partial charge in [-0.3, -0.25) is 4.79 Å². The fourth-order valence-corrected chi connectivity index (χ4v) is 3.16. The molecule has 20 heavy (non-hydrogen) atoms. The Morgan fingerprint density at radius 3 is 2.30 bits per heavy atom. The Kier molecular flexibility index (Phi) is 4.91. The Labute approximate surface area is 138 Å². The lowest BCUT2D eigenvalue weighted by Crippen LogP contribution is -2.17. The van der Waals surface area contributed by atoms with Crippen molar-refractivity contribution < 1.29 is 4.79 Å². The zero-order valence-electron chi connectivity index (χ0n) is 10.2. The molecule has 0 unspecified atom stereocenters. The number of nitrogens with two attached hydrogens (primary N) is 1. The van der Waals surface area contributed by atoms with Crippen molar-refractivity contribution in [2.45, 2.75) is 0 Å². The van der Waals surface area contributed by atoms with Crippen molar-refractivity contribution in [1.82, 2.24) is 0 Å². The third-order valence-corrected chi connectivity index (χ3v) is 3.70. The first-order chi connectivity index (χ1) is 9.47. The Hall–Kier alpha value is -1.24. The Morgan fingerprint density at radius 2 is 1.70 bits per heavy atom. The van der Waals surface area contributed by atoms with Crippen LogP contribution in [0.4, 0.5) is 5.69 Å². The molecule has 0 aromatic heterocycles. The van der Waals surface area contributed by atoms with Gasteiger partial charge in [0.15, 0.2) is 0 Å². The van der Waals surface area contributed by atoms with Crippen molar-refractivity contribution in [1.29, 1.82) is 0 Å². The third kappa shape index (κ3) is 3.65. The van der Waals surface area contributed by atoms with E-state index in [-0.39, 0.29) is 10.9 Å². The number of anilines is 1. The van der Waals surface area contributed by atoms with E-state index in [2.05, 4.69) is 37.2 Å². The fourth-order valence-electron chi connectivity index (χ4n) is 1.69. The normalized spacial score (nSPS) is 10.1. The maximum Gasteiger partial charge on any atom is 0.255 e. The molecule has 0 aliphatic heterocycles. The van der Waals surface area contributed by atoms with E-state index in [4.69, 9.17) is 18.0 Å². The molecule has 102 valence electrons. The van der Waals surface area contributed by atoms with Crippen LogP contribution in [0.25, 0.3) is 0 Å². The lowest BCUT2D eigenvalue weighted by Gasteiger charge is -2.10. The lowest BCUT2D eigenvalue weighted by atomic mass is 10.1. The summed E-state index contributed by atoms with van der Waals surface area (Å²) >= 11 is 11.7. The second-order valence-electron chi connectivity index (χ2n) is 4.02. The topological polar surface area (TPSA) is 55.1 Å². The van der Waals surface area contributed by atoms with Crippen LogP contribution in [-0.2, 0) is 0 Å². The van der Waals surface area contributed by atoms with Gasteiger partial charge in [0.05, 0.1) is 5.69 Å². The number of benzene rings is 2. The second-order valence-corrected chi connectivity index (χ2v) is 6.29. The predicted octanol–water partition coefficient (Wildman–Crippen LogP) is 4.10. The third-order valence-electron chi connectivity index (χ3n) is 2.57. The van der Waals surface area contributed by atoms with Crippen LogP contribution in [0.15, 0.2) is 51.4 Å². The summed E-state index contributed by atoms with van der Waals surface area (Å²) in [5, 5.41) is 2.81.